The lowest BCUT2D eigenvalue weighted by Gasteiger charge is -2.08. The Kier molecular flexibility index (Phi) is 3.14. The van der Waals surface area contributed by atoms with Crippen molar-refractivity contribution in [3.63, 3.8) is 0 Å². The Labute approximate surface area is 104 Å². The first-order valence-electron chi connectivity index (χ1n) is 5.44. The number of nitrogens with two attached hydrogens (primary N) is 1. The zero-order valence-corrected chi connectivity index (χ0v) is 9.88. The van der Waals surface area contributed by atoms with E-state index < -0.39 is 0 Å². The predicted octanol–water partition coefficient (Wildman–Crippen LogP) is 3.23. The highest BCUT2D eigenvalue weighted by atomic mass is 16.6. The van der Waals surface area contributed by atoms with Crippen molar-refractivity contribution in [1.29, 1.82) is 0 Å². The van der Waals surface area contributed by atoms with Crippen molar-refractivity contribution >= 4 is 22.7 Å². The van der Waals surface area contributed by atoms with E-state index in [1.165, 1.54) is 0 Å². The summed E-state index contributed by atoms with van der Waals surface area (Å²) < 4.78 is 0. The highest BCUT2D eigenvalue weighted by Crippen LogP contribution is 2.30. The second-order valence-corrected chi connectivity index (χ2v) is 3.98. The monoisotopic (exact) mass is 243 g/mol. The number of hydrogen-bond donors (Lipinski definition) is 2. The van der Waals surface area contributed by atoms with Gasteiger partial charge in [-0.1, -0.05) is 18.2 Å². The molecule has 0 aliphatic carbocycles. The molecule has 0 aliphatic rings. The van der Waals surface area contributed by atoms with Crippen molar-refractivity contribution in [2.45, 2.75) is 6.92 Å². The number of nitrogens with one attached hydrogen (secondary N) is 1. The number of nitrogen functional groups attached to an aromatic ring is 1. The molecule has 5 heteroatoms. The molecule has 0 saturated carbocycles. The van der Waals surface area contributed by atoms with E-state index in [1.54, 1.807) is 43.3 Å². The van der Waals surface area contributed by atoms with Crippen LogP contribution in [0.3, 0.4) is 0 Å². The maximum absolute atomic E-state index is 11.0. The van der Waals surface area contributed by atoms with Crippen LogP contribution >= 0.6 is 0 Å². The molecule has 0 atom stereocenters. The molecule has 18 heavy (non-hydrogen) atoms. The van der Waals surface area contributed by atoms with Crippen molar-refractivity contribution in [2.75, 3.05) is 11.1 Å². The summed E-state index contributed by atoms with van der Waals surface area (Å²) in [6.45, 7) is 1.71. The smallest absolute Gasteiger partial charge is 0.295 e. The van der Waals surface area contributed by atoms with Crippen LogP contribution < -0.4 is 11.1 Å². The molecule has 0 saturated heterocycles. The topological polar surface area (TPSA) is 81.2 Å². The van der Waals surface area contributed by atoms with Crippen LogP contribution in [0, 0.1) is 17.0 Å². The van der Waals surface area contributed by atoms with Crippen molar-refractivity contribution in [2.24, 2.45) is 0 Å². The van der Waals surface area contributed by atoms with E-state index in [9.17, 15) is 10.1 Å². The summed E-state index contributed by atoms with van der Waals surface area (Å²) in [7, 11) is 0. The van der Waals surface area contributed by atoms with Crippen molar-refractivity contribution in [3.8, 4) is 0 Å². The van der Waals surface area contributed by atoms with Gasteiger partial charge in [-0.05, 0) is 31.2 Å². The van der Waals surface area contributed by atoms with Crippen LogP contribution in [0.4, 0.5) is 22.7 Å². The van der Waals surface area contributed by atoms with Crippen molar-refractivity contribution < 1.29 is 4.92 Å². The summed E-state index contributed by atoms with van der Waals surface area (Å²) in [6, 6.07) is 12.2. The minimum atomic E-state index is -0.385. The van der Waals surface area contributed by atoms with Crippen molar-refractivity contribution in [3.05, 3.63) is 58.1 Å². The third-order valence-electron chi connectivity index (χ3n) is 2.59. The Morgan fingerprint density at radius 1 is 1.22 bits per heavy atom. The summed E-state index contributed by atoms with van der Waals surface area (Å²) in [4.78, 5) is 10.7. The Morgan fingerprint density at radius 2 is 1.94 bits per heavy atom. The molecular weight excluding hydrogens is 230 g/mol. The fourth-order valence-electron chi connectivity index (χ4n) is 1.77. The van der Waals surface area contributed by atoms with Crippen LogP contribution in [-0.2, 0) is 0 Å². The standard InChI is InChI=1S/C13H13N3O2/c1-9-4-2-7-12(13(9)16(17)18)15-11-6-3-5-10(14)8-11/h2-8,15H,14H2,1H3. The lowest BCUT2D eigenvalue weighted by molar-refractivity contribution is -0.384. The van der Waals surface area contributed by atoms with E-state index in [1.807, 2.05) is 6.07 Å². The van der Waals surface area contributed by atoms with Crippen molar-refractivity contribution in [1.82, 2.24) is 0 Å². The van der Waals surface area contributed by atoms with Gasteiger partial charge in [0.2, 0.25) is 0 Å². The number of nitrogens with zero attached hydrogens (tertiary/aromatic N) is 1. The predicted molar refractivity (Wildman–Crippen MR) is 72.0 cm³/mol. The molecule has 0 bridgehead atoms. The number of aryl methyl sites for hydroxylation is 1. The van der Waals surface area contributed by atoms with Crippen LogP contribution in [0.1, 0.15) is 5.56 Å². The minimum Gasteiger partial charge on any atom is -0.399 e. The molecule has 92 valence electrons. The lowest BCUT2D eigenvalue weighted by Crippen LogP contribution is -1.99. The van der Waals surface area contributed by atoms with Crippen LogP contribution in [-0.4, -0.2) is 4.92 Å². The van der Waals surface area contributed by atoms with Gasteiger partial charge in [-0.3, -0.25) is 10.1 Å². The largest absolute Gasteiger partial charge is 0.399 e. The molecule has 0 aliphatic heterocycles. The lowest BCUT2D eigenvalue weighted by atomic mass is 10.1. The molecule has 0 unspecified atom stereocenters. The van der Waals surface area contributed by atoms with E-state index in [-0.39, 0.29) is 10.6 Å². The number of benzene rings is 2. The first-order chi connectivity index (χ1) is 8.58. The number of rotatable bonds is 3. The fourth-order valence-corrected chi connectivity index (χ4v) is 1.77. The molecule has 0 amide bonds. The van der Waals surface area contributed by atoms with Gasteiger partial charge in [-0.15, -0.1) is 0 Å². The quantitative estimate of drug-likeness (QED) is 0.492. The van der Waals surface area contributed by atoms with Gasteiger partial charge in [0, 0.05) is 16.9 Å². The van der Waals surface area contributed by atoms with Gasteiger partial charge in [0.25, 0.3) is 5.69 Å². The minimum absolute atomic E-state index is 0.0833. The number of anilines is 3. The summed E-state index contributed by atoms with van der Waals surface area (Å²) in [5.74, 6) is 0. The van der Waals surface area contributed by atoms with E-state index in [0.717, 1.165) is 5.69 Å². The highest BCUT2D eigenvalue weighted by molar-refractivity contribution is 5.72. The molecule has 0 aromatic heterocycles. The van der Waals surface area contributed by atoms with Gasteiger partial charge in [0.05, 0.1) is 4.92 Å². The zero-order chi connectivity index (χ0) is 13.1. The summed E-state index contributed by atoms with van der Waals surface area (Å²) >= 11 is 0. The Morgan fingerprint density at radius 3 is 2.61 bits per heavy atom. The van der Waals surface area contributed by atoms with Crippen LogP contribution in [0.15, 0.2) is 42.5 Å². The average molecular weight is 243 g/mol. The SMILES string of the molecule is Cc1cccc(Nc2cccc(N)c2)c1[N+](=O)[O-]. The van der Waals surface area contributed by atoms with Crippen LogP contribution in [0.5, 0.6) is 0 Å². The van der Waals surface area contributed by atoms with Crippen LogP contribution in [0.25, 0.3) is 0 Å². The third-order valence-corrected chi connectivity index (χ3v) is 2.59. The molecule has 5 nitrogen and oxygen atoms in total. The molecule has 0 fully saturated rings. The van der Waals surface area contributed by atoms with Gasteiger partial charge >= 0.3 is 0 Å². The maximum atomic E-state index is 11.0. The van der Waals surface area contributed by atoms with Gasteiger partial charge in [0.1, 0.15) is 5.69 Å². The average Bonchev–Trinajstić information content (AvgIpc) is 2.28. The van der Waals surface area contributed by atoms with E-state index in [0.29, 0.717) is 16.9 Å². The first-order valence-corrected chi connectivity index (χ1v) is 5.44. The Bertz CT molecular complexity index is 597. The number of nitro groups is 1. The van der Waals surface area contributed by atoms with Crippen LogP contribution in [0.2, 0.25) is 0 Å². The number of para-hydroxylation sites is 1. The molecule has 0 heterocycles. The third kappa shape index (κ3) is 2.40. The maximum Gasteiger partial charge on any atom is 0.295 e. The second kappa shape index (κ2) is 4.75. The first kappa shape index (κ1) is 11.9. The molecule has 0 spiro atoms. The van der Waals surface area contributed by atoms with Gasteiger partial charge in [-0.25, -0.2) is 0 Å². The van der Waals surface area contributed by atoms with E-state index in [2.05, 4.69) is 5.32 Å². The fraction of sp³-hybridized carbons (Fsp3) is 0.0769. The van der Waals surface area contributed by atoms with Gasteiger partial charge in [-0.2, -0.15) is 0 Å². The Hall–Kier alpha value is -2.56. The normalized spacial score (nSPS) is 10.1. The zero-order valence-electron chi connectivity index (χ0n) is 9.88. The molecule has 3 N–H and O–H groups in total. The van der Waals surface area contributed by atoms with Gasteiger partial charge < -0.3 is 11.1 Å². The molecule has 2 aromatic carbocycles. The summed E-state index contributed by atoms with van der Waals surface area (Å²) in [5.41, 5.74) is 8.16. The van der Waals surface area contributed by atoms with Gasteiger partial charge in [0.15, 0.2) is 0 Å². The molecule has 2 rings (SSSR count). The second-order valence-electron chi connectivity index (χ2n) is 3.98. The Balaban J connectivity index is 2.40. The highest BCUT2D eigenvalue weighted by Gasteiger charge is 2.16. The number of hydrogen-bond acceptors (Lipinski definition) is 4. The molecular formula is C13H13N3O2. The summed E-state index contributed by atoms with van der Waals surface area (Å²) in [5, 5.41) is 14.1. The molecule has 2 aromatic rings. The van der Waals surface area contributed by atoms with E-state index >= 15 is 0 Å². The number of nitro benzene ring substituents is 1. The van der Waals surface area contributed by atoms with E-state index in [4.69, 9.17) is 5.73 Å². The molecule has 0 radical (unpaired) electrons. The summed E-state index contributed by atoms with van der Waals surface area (Å²) in [6.07, 6.45) is 0.